The molecule has 6 nitrogen and oxygen atoms in total. The van der Waals surface area contributed by atoms with Crippen molar-refractivity contribution in [2.75, 3.05) is 4.72 Å². The Hall–Kier alpha value is -2.97. The maximum Gasteiger partial charge on any atom is 0.271 e. The predicted octanol–water partition coefficient (Wildman–Crippen LogP) is 5.00. The second kappa shape index (κ2) is 9.03. The lowest BCUT2D eigenvalue weighted by atomic mass is 9.86. The van der Waals surface area contributed by atoms with Crippen LogP contribution < -0.4 is 10.1 Å². The van der Waals surface area contributed by atoms with Gasteiger partial charge in [-0.2, -0.15) is 5.10 Å². The van der Waals surface area contributed by atoms with Crippen LogP contribution in [0.15, 0.2) is 75.4 Å². The number of benzene rings is 2. The van der Waals surface area contributed by atoms with E-state index in [2.05, 4.69) is 48.2 Å². The van der Waals surface area contributed by atoms with Gasteiger partial charge in [-0.05, 0) is 59.2 Å². The average molecular weight is 456 g/mol. The summed E-state index contributed by atoms with van der Waals surface area (Å²) in [6.07, 6.45) is 0. The van der Waals surface area contributed by atoms with Gasteiger partial charge in [0.1, 0.15) is 4.21 Å². The second-order valence-electron chi connectivity index (χ2n) is 8.08. The van der Waals surface area contributed by atoms with Crippen molar-refractivity contribution in [3.8, 4) is 0 Å². The van der Waals surface area contributed by atoms with Crippen molar-refractivity contribution < 1.29 is 13.2 Å². The molecule has 0 aliphatic heterocycles. The molecule has 1 aromatic heterocycles. The standard InChI is InChI=1S/C23H25N3O3S2/c1-16(17-7-11-19(12-8-17)23(2,3)4)24-25-22(27)18-9-13-20(14-10-18)26-31(28,29)21-6-5-15-30-21/h5-15,26H,1-4H3,(H,25,27)/b24-16-. The van der Waals surface area contributed by atoms with Gasteiger partial charge in [0.25, 0.3) is 15.9 Å². The van der Waals surface area contributed by atoms with Crippen LogP contribution in [-0.2, 0) is 15.4 Å². The zero-order valence-electron chi connectivity index (χ0n) is 17.8. The number of carbonyl (C=O) groups excluding carboxylic acids is 1. The Morgan fingerprint density at radius 1 is 0.935 bits per heavy atom. The number of carbonyl (C=O) groups is 1. The molecular weight excluding hydrogens is 430 g/mol. The molecule has 31 heavy (non-hydrogen) atoms. The fourth-order valence-corrected chi connectivity index (χ4v) is 4.84. The van der Waals surface area contributed by atoms with Gasteiger partial charge in [-0.1, -0.05) is 51.1 Å². The number of thiophene rings is 1. The first-order valence-electron chi connectivity index (χ1n) is 9.68. The molecule has 2 N–H and O–H groups in total. The van der Waals surface area contributed by atoms with Crippen molar-refractivity contribution in [3.63, 3.8) is 0 Å². The molecule has 0 saturated carbocycles. The third kappa shape index (κ3) is 5.80. The Morgan fingerprint density at radius 3 is 2.10 bits per heavy atom. The van der Waals surface area contributed by atoms with Crippen molar-refractivity contribution in [1.29, 1.82) is 0 Å². The van der Waals surface area contributed by atoms with E-state index in [9.17, 15) is 13.2 Å². The van der Waals surface area contributed by atoms with Crippen molar-refractivity contribution in [2.24, 2.45) is 5.10 Å². The molecular formula is C23H25N3O3S2. The van der Waals surface area contributed by atoms with E-state index in [1.54, 1.807) is 35.7 Å². The number of hydrogen-bond donors (Lipinski definition) is 2. The Morgan fingerprint density at radius 2 is 1.55 bits per heavy atom. The third-order valence-electron chi connectivity index (χ3n) is 4.65. The molecule has 0 spiro atoms. The van der Waals surface area contributed by atoms with Gasteiger partial charge in [0.15, 0.2) is 0 Å². The van der Waals surface area contributed by atoms with Gasteiger partial charge in [0.2, 0.25) is 0 Å². The topological polar surface area (TPSA) is 87.6 Å². The van der Waals surface area contributed by atoms with Gasteiger partial charge in [-0.25, -0.2) is 13.8 Å². The highest BCUT2D eigenvalue weighted by Crippen LogP contribution is 2.22. The van der Waals surface area contributed by atoms with Gasteiger partial charge in [-0.3, -0.25) is 9.52 Å². The normalized spacial score (nSPS) is 12.5. The van der Waals surface area contributed by atoms with Gasteiger partial charge >= 0.3 is 0 Å². The first kappa shape index (κ1) is 22.7. The van der Waals surface area contributed by atoms with Crippen LogP contribution >= 0.6 is 11.3 Å². The molecule has 0 fully saturated rings. The van der Waals surface area contributed by atoms with E-state index in [-0.39, 0.29) is 15.5 Å². The lowest BCUT2D eigenvalue weighted by Crippen LogP contribution is -2.19. The summed E-state index contributed by atoms with van der Waals surface area (Å²) in [5.74, 6) is -0.377. The van der Waals surface area contributed by atoms with E-state index in [0.29, 0.717) is 17.0 Å². The number of rotatable bonds is 6. The van der Waals surface area contributed by atoms with Crippen LogP contribution in [0.2, 0.25) is 0 Å². The molecule has 0 radical (unpaired) electrons. The number of nitrogens with one attached hydrogen (secondary N) is 2. The summed E-state index contributed by atoms with van der Waals surface area (Å²) >= 11 is 1.14. The summed E-state index contributed by atoms with van der Waals surface area (Å²) in [6.45, 7) is 8.29. The molecule has 0 unspecified atom stereocenters. The number of sulfonamides is 1. The zero-order chi connectivity index (χ0) is 22.6. The van der Waals surface area contributed by atoms with Crippen LogP contribution in [0.5, 0.6) is 0 Å². The first-order chi connectivity index (χ1) is 14.6. The van der Waals surface area contributed by atoms with E-state index in [4.69, 9.17) is 0 Å². The smallest absolute Gasteiger partial charge is 0.271 e. The van der Waals surface area contributed by atoms with Crippen LogP contribution in [-0.4, -0.2) is 20.0 Å². The largest absolute Gasteiger partial charge is 0.279 e. The van der Waals surface area contributed by atoms with Gasteiger partial charge in [0, 0.05) is 11.3 Å². The molecule has 1 amide bonds. The van der Waals surface area contributed by atoms with Crippen LogP contribution in [0.3, 0.4) is 0 Å². The Kier molecular flexibility index (Phi) is 6.62. The van der Waals surface area contributed by atoms with E-state index < -0.39 is 10.0 Å². The van der Waals surface area contributed by atoms with Crippen LogP contribution in [0.1, 0.15) is 49.2 Å². The SMILES string of the molecule is C/C(=N/NC(=O)c1ccc(NS(=O)(=O)c2cccs2)cc1)c1ccc(C(C)(C)C)cc1. The molecule has 0 bridgehead atoms. The van der Waals surface area contributed by atoms with Gasteiger partial charge < -0.3 is 0 Å². The van der Waals surface area contributed by atoms with Gasteiger partial charge in [-0.15, -0.1) is 11.3 Å². The highest BCUT2D eigenvalue weighted by atomic mass is 32.2. The minimum atomic E-state index is -3.62. The van der Waals surface area contributed by atoms with E-state index in [1.807, 2.05) is 19.1 Å². The fourth-order valence-electron chi connectivity index (χ4n) is 2.79. The van der Waals surface area contributed by atoms with E-state index >= 15 is 0 Å². The Balaban J connectivity index is 1.64. The zero-order valence-corrected chi connectivity index (χ0v) is 19.5. The van der Waals surface area contributed by atoms with Crippen molar-refractivity contribution in [1.82, 2.24) is 5.43 Å². The van der Waals surface area contributed by atoms with E-state index in [1.165, 1.54) is 11.6 Å². The quantitative estimate of drug-likeness (QED) is 0.405. The summed E-state index contributed by atoms with van der Waals surface area (Å²) in [5, 5.41) is 5.88. The molecule has 0 saturated heterocycles. The summed E-state index contributed by atoms with van der Waals surface area (Å²) in [5.41, 5.74) is 6.20. The lowest BCUT2D eigenvalue weighted by molar-refractivity contribution is 0.0955. The van der Waals surface area contributed by atoms with Crippen LogP contribution in [0.25, 0.3) is 0 Å². The van der Waals surface area contributed by atoms with Gasteiger partial charge in [0.05, 0.1) is 5.71 Å². The molecule has 8 heteroatoms. The lowest BCUT2D eigenvalue weighted by Gasteiger charge is -2.19. The Bertz CT molecular complexity index is 1170. The molecule has 0 aliphatic rings. The highest BCUT2D eigenvalue weighted by Gasteiger charge is 2.16. The minimum Gasteiger partial charge on any atom is -0.279 e. The minimum absolute atomic E-state index is 0.0713. The van der Waals surface area contributed by atoms with Crippen molar-refractivity contribution in [3.05, 3.63) is 82.7 Å². The van der Waals surface area contributed by atoms with Crippen LogP contribution in [0.4, 0.5) is 5.69 Å². The molecule has 1 heterocycles. The summed E-state index contributed by atoms with van der Waals surface area (Å²) in [7, 11) is -3.62. The molecule has 162 valence electrons. The maximum absolute atomic E-state index is 12.4. The average Bonchev–Trinajstić information content (AvgIpc) is 3.27. The predicted molar refractivity (Wildman–Crippen MR) is 126 cm³/mol. The second-order valence-corrected chi connectivity index (χ2v) is 10.9. The fraction of sp³-hybridized carbons (Fsp3) is 0.217. The van der Waals surface area contributed by atoms with Crippen molar-refractivity contribution in [2.45, 2.75) is 37.3 Å². The van der Waals surface area contributed by atoms with Crippen LogP contribution in [0, 0.1) is 0 Å². The number of nitrogens with zero attached hydrogens (tertiary/aromatic N) is 1. The first-order valence-corrected chi connectivity index (χ1v) is 12.0. The number of amides is 1. The Labute approximate surface area is 187 Å². The highest BCUT2D eigenvalue weighted by molar-refractivity contribution is 7.94. The monoisotopic (exact) mass is 455 g/mol. The third-order valence-corrected chi connectivity index (χ3v) is 7.43. The van der Waals surface area contributed by atoms with E-state index in [0.717, 1.165) is 16.9 Å². The number of anilines is 1. The maximum atomic E-state index is 12.4. The summed E-state index contributed by atoms with van der Waals surface area (Å²) in [4.78, 5) is 12.4. The number of hydrazone groups is 1. The molecule has 3 rings (SSSR count). The molecule has 2 aromatic carbocycles. The number of hydrogen-bond acceptors (Lipinski definition) is 5. The molecule has 0 aliphatic carbocycles. The van der Waals surface area contributed by atoms with Crippen molar-refractivity contribution >= 4 is 38.7 Å². The summed E-state index contributed by atoms with van der Waals surface area (Å²) in [6, 6.07) is 17.5. The summed E-state index contributed by atoms with van der Waals surface area (Å²) < 4.78 is 27.3. The molecule has 3 aromatic rings. The molecule has 0 atom stereocenters.